The Morgan fingerprint density at radius 2 is 1.56 bits per heavy atom. The van der Waals surface area contributed by atoms with Crippen LogP contribution in [0.4, 0.5) is 0 Å². The van der Waals surface area contributed by atoms with Crippen molar-refractivity contribution in [2.24, 2.45) is 16.9 Å². The number of benzene rings is 1. The van der Waals surface area contributed by atoms with Crippen LogP contribution in [-0.4, -0.2) is 158 Å². The van der Waals surface area contributed by atoms with Gasteiger partial charge in [0.15, 0.2) is 6.10 Å². The molecule has 0 spiro atoms. The van der Waals surface area contributed by atoms with E-state index in [-0.39, 0.29) is 106 Å². The number of hydrogen-bond acceptors (Lipinski definition) is 15. The fourth-order valence-corrected chi connectivity index (χ4v) is 8.65. The molecule has 1 aromatic heterocycles. The minimum Gasteiger partial charge on any atom is -0.455 e. The molecule has 0 aliphatic carbocycles. The van der Waals surface area contributed by atoms with Gasteiger partial charge >= 0.3 is 5.97 Å². The van der Waals surface area contributed by atoms with Crippen molar-refractivity contribution >= 4 is 58.5 Å². The van der Waals surface area contributed by atoms with Gasteiger partial charge < -0.3 is 34.5 Å². The van der Waals surface area contributed by atoms with Gasteiger partial charge in [-0.2, -0.15) is 5.10 Å². The zero-order chi connectivity index (χ0) is 49.8. The summed E-state index contributed by atoms with van der Waals surface area (Å²) in [7, 11) is 3.65. The normalized spacial score (nSPS) is 17.6. The first-order chi connectivity index (χ1) is 32.5. The number of nitrogens with one attached hydrogen (secondary N) is 3. The molecule has 20 heteroatoms. The predicted molar refractivity (Wildman–Crippen MR) is 255 cm³/mol. The lowest BCUT2D eigenvalue weighted by molar-refractivity contribution is -0.149. The average molecular weight is 967 g/mol. The molecule has 1 aromatic carbocycles. The van der Waals surface area contributed by atoms with Crippen molar-refractivity contribution in [3.8, 4) is 0 Å². The number of nitrogens with zero attached hydrogens (tertiary/aromatic N) is 5. The van der Waals surface area contributed by atoms with Gasteiger partial charge in [0.2, 0.25) is 17.7 Å². The number of hydrazone groups is 1. The van der Waals surface area contributed by atoms with Crippen LogP contribution in [0.1, 0.15) is 107 Å². The van der Waals surface area contributed by atoms with E-state index in [9.17, 15) is 33.6 Å². The quantitative estimate of drug-likeness (QED) is 0.0365. The fourth-order valence-electron chi connectivity index (χ4n) is 7.81. The third-order valence-electron chi connectivity index (χ3n) is 12.0. The number of carbonyl (C=O) groups excluding carboxylic acids is 7. The molecule has 2 aliphatic rings. The number of hydrogen-bond donors (Lipinski definition) is 3. The summed E-state index contributed by atoms with van der Waals surface area (Å²) in [4.78, 5) is 99.3. The highest BCUT2D eigenvalue weighted by atomic mass is 32.1. The molecule has 0 radical (unpaired) electrons. The van der Waals surface area contributed by atoms with Gasteiger partial charge in [0.1, 0.15) is 16.7 Å². The minimum atomic E-state index is -0.878. The topological polar surface area (TPSA) is 227 Å². The molecule has 0 bridgehead atoms. The molecular formula is C48H70N8O11S. The first-order valence-corrected chi connectivity index (χ1v) is 24.3. The van der Waals surface area contributed by atoms with E-state index in [0.717, 1.165) is 42.0 Å². The van der Waals surface area contributed by atoms with E-state index in [1.54, 1.807) is 36.4 Å². The van der Waals surface area contributed by atoms with Crippen molar-refractivity contribution in [1.29, 1.82) is 0 Å². The number of piperidine rings is 1. The first-order valence-electron chi connectivity index (χ1n) is 23.4. The van der Waals surface area contributed by atoms with Crippen molar-refractivity contribution in [2.45, 2.75) is 110 Å². The maximum atomic E-state index is 14.3. The van der Waals surface area contributed by atoms with E-state index >= 15 is 0 Å². The Morgan fingerprint density at radius 3 is 2.18 bits per heavy atom. The van der Waals surface area contributed by atoms with E-state index in [0.29, 0.717) is 22.7 Å². The van der Waals surface area contributed by atoms with Gasteiger partial charge in [-0.3, -0.25) is 43.4 Å². The number of thiazole rings is 1. The van der Waals surface area contributed by atoms with E-state index in [2.05, 4.69) is 26.1 Å². The van der Waals surface area contributed by atoms with Crippen LogP contribution in [0, 0.1) is 11.8 Å². The fraction of sp³-hybridized carbons (Fsp3) is 0.604. The van der Waals surface area contributed by atoms with Crippen LogP contribution in [0.15, 0.2) is 53.0 Å². The lowest BCUT2D eigenvalue weighted by Gasteiger charge is -2.38. The molecule has 0 unspecified atom stereocenters. The molecule has 374 valence electrons. The van der Waals surface area contributed by atoms with E-state index in [1.165, 1.54) is 19.1 Å². The average Bonchev–Trinajstić information content (AvgIpc) is 3.94. The molecule has 3 heterocycles. The van der Waals surface area contributed by atoms with Crippen LogP contribution < -0.4 is 16.1 Å². The third-order valence-corrected chi connectivity index (χ3v) is 12.9. The molecule has 6 atom stereocenters. The highest BCUT2D eigenvalue weighted by Gasteiger charge is 2.37. The molecule has 2 aromatic rings. The number of rotatable bonds is 28. The summed E-state index contributed by atoms with van der Waals surface area (Å²) >= 11 is 1.16. The summed E-state index contributed by atoms with van der Waals surface area (Å²) in [6.07, 6.45) is 5.17. The number of carbonyl (C=O) groups is 7. The Labute approximate surface area is 403 Å². The molecule has 3 N–H and O–H groups in total. The number of ether oxygens (including phenoxy) is 4. The Hall–Kier alpha value is -5.41. The van der Waals surface area contributed by atoms with Crippen LogP contribution in [0.25, 0.3) is 0 Å². The molecule has 2 aliphatic heterocycles. The van der Waals surface area contributed by atoms with Gasteiger partial charge in [-0.1, -0.05) is 70.9 Å². The zero-order valence-corrected chi connectivity index (χ0v) is 41.5. The van der Waals surface area contributed by atoms with Gasteiger partial charge in [-0.15, -0.1) is 11.3 Å². The second-order valence-electron chi connectivity index (χ2n) is 17.4. The number of likely N-dealkylation sites (N-methyl/N-ethyl adjacent to an activating group) is 2. The van der Waals surface area contributed by atoms with Crippen molar-refractivity contribution in [3.05, 3.63) is 64.1 Å². The minimum absolute atomic E-state index is 0.0121. The maximum Gasteiger partial charge on any atom is 0.303 e. The Bertz CT molecular complexity index is 2050. The Morgan fingerprint density at radius 1 is 0.912 bits per heavy atom. The van der Waals surface area contributed by atoms with E-state index in [4.69, 9.17) is 18.9 Å². The Balaban J connectivity index is 1.32. The molecule has 68 heavy (non-hydrogen) atoms. The van der Waals surface area contributed by atoms with Crippen molar-refractivity contribution in [3.63, 3.8) is 0 Å². The molecule has 6 amide bonds. The van der Waals surface area contributed by atoms with Crippen LogP contribution in [-0.2, 0) is 47.7 Å². The number of likely N-dealkylation sites (tertiary alicyclic amines) is 1. The van der Waals surface area contributed by atoms with Crippen LogP contribution in [0.2, 0.25) is 0 Å². The smallest absolute Gasteiger partial charge is 0.303 e. The van der Waals surface area contributed by atoms with Crippen molar-refractivity contribution in [1.82, 2.24) is 35.7 Å². The second kappa shape index (κ2) is 28.2. The van der Waals surface area contributed by atoms with Gasteiger partial charge in [0, 0.05) is 44.0 Å². The van der Waals surface area contributed by atoms with Crippen LogP contribution >= 0.6 is 11.3 Å². The van der Waals surface area contributed by atoms with E-state index < -0.39 is 42.0 Å². The highest BCUT2D eigenvalue weighted by molar-refractivity contribution is 7.09. The molecule has 1 saturated heterocycles. The third kappa shape index (κ3) is 17.0. The summed E-state index contributed by atoms with van der Waals surface area (Å²) in [5.74, 6) is -2.78. The van der Waals surface area contributed by atoms with Crippen LogP contribution in [0.5, 0.6) is 0 Å². The summed E-state index contributed by atoms with van der Waals surface area (Å²) < 4.78 is 22.2. The van der Waals surface area contributed by atoms with Gasteiger partial charge in [0.25, 0.3) is 17.7 Å². The summed E-state index contributed by atoms with van der Waals surface area (Å²) in [5, 5.41) is 12.4. The standard InChI is InChI=1S/C48H70N8O11S/c1-9-32(4)43(51-46(62)37-17-13-14-21-54(37)7)48(63)55(8)38(31(2)3)29-39(67-34(6)57)47-50-36(30-68-47)45(61)49-33(5)44(35-15-11-10-12-16-35)53-52-40(58)20-23-64-25-27-66-28-26-65-24-22-56-41(59)18-19-42(56)60/h10-12,15-16,18-19,30-33,37-39,43H,9,13-14,17,20-29H2,1-8H3,(H,49,61)(H,51,62)(H,52,58)/t32-,33+,37+,38+,39+,43-/m0/s1. The van der Waals surface area contributed by atoms with Crippen LogP contribution in [0.3, 0.4) is 0 Å². The molecule has 0 saturated carbocycles. The summed E-state index contributed by atoms with van der Waals surface area (Å²) in [5.41, 5.74) is 3.70. The predicted octanol–water partition coefficient (Wildman–Crippen LogP) is 3.64. The molecule has 19 nitrogen and oxygen atoms in total. The largest absolute Gasteiger partial charge is 0.455 e. The number of amides is 6. The summed E-state index contributed by atoms with van der Waals surface area (Å²) in [6, 6.07) is 6.91. The second-order valence-corrected chi connectivity index (χ2v) is 18.3. The number of imide groups is 1. The SMILES string of the molecule is CC[C@H](C)[C@H](NC(=O)[C@H]1CCCCN1C)C(=O)N(C)[C@H](C[C@@H](OC(C)=O)c1nc(C(=O)N[C@H](C)C(=NNC(=O)CCOCCOCCOCCN2C(=O)C=CC2=O)c2ccccc2)cs1)C(C)C. The molecular weight excluding hydrogens is 897 g/mol. The summed E-state index contributed by atoms with van der Waals surface area (Å²) in [6.45, 7) is 13.3. The Kier molecular flexibility index (Phi) is 22.9. The first kappa shape index (κ1) is 55.2. The van der Waals surface area contributed by atoms with Crippen molar-refractivity contribution in [2.75, 3.05) is 66.8 Å². The van der Waals surface area contributed by atoms with Gasteiger partial charge in [-0.05, 0) is 50.8 Å². The van der Waals surface area contributed by atoms with Gasteiger partial charge in [-0.25, -0.2) is 10.4 Å². The maximum absolute atomic E-state index is 14.3. The van der Waals surface area contributed by atoms with Crippen molar-refractivity contribution < 1.29 is 52.5 Å². The zero-order valence-electron chi connectivity index (χ0n) is 40.7. The van der Waals surface area contributed by atoms with E-state index in [1.807, 2.05) is 57.8 Å². The van der Waals surface area contributed by atoms with Gasteiger partial charge in [0.05, 0.1) is 70.4 Å². The highest BCUT2D eigenvalue weighted by Crippen LogP contribution is 2.31. The monoisotopic (exact) mass is 966 g/mol. The number of aromatic nitrogens is 1. The molecule has 1 fully saturated rings. The lowest BCUT2D eigenvalue weighted by Crippen LogP contribution is -2.58. The number of esters is 1. The lowest BCUT2D eigenvalue weighted by atomic mass is 9.92. The molecule has 4 rings (SSSR count).